The Labute approximate surface area is 107 Å². The van der Waals surface area contributed by atoms with Crippen LogP contribution in [0.25, 0.3) is 11.3 Å². The van der Waals surface area contributed by atoms with Crippen molar-refractivity contribution in [1.82, 2.24) is 9.78 Å². The first kappa shape index (κ1) is 13.1. The van der Waals surface area contributed by atoms with Gasteiger partial charge in [0.2, 0.25) is 0 Å². The van der Waals surface area contributed by atoms with Crippen LogP contribution in [0.5, 0.6) is 0 Å². The number of hydrogen-bond donors (Lipinski definition) is 0. The molecule has 0 saturated carbocycles. The number of nitrogens with zero attached hydrogens (tertiary/aromatic N) is 3. The molecule has 98 valence electrons. The fourth-order valence-electron chi connectivity index (χ4n) is 1.72. The first-order valence-corrected chi connectivity index (χ1v) is 5.60. The van der Waals surface area contributed by atoms with Gasteiger partial charge in [0, 0.05) is 0 Å². The van der Waals surface area contributed by atoms with Crippen LogP contribution in [0.3, 0.4) is 0 Å². The van der Waals surface area contributed by atoms with Gasteiger partial charge in [-0.05, 0) is 11.6 Å². The van der Waals surface area contributed by atoms with Gasteiger partial charge in [0.05, 0.1) is 24.7 Å². The molecule has 6 heteroatoms. The number of benzene rings is 1. The van der Waals surface area contributed by atoms with Crippen molar-refractivity contribution in [2.24, 2.45) is 0 Å². The molecule has 0 saturated heterocycles. The highest BCUT2D eigenvalue weighted by Crippen LogP contribution is 2.31. The van der Waals surface area contributed by atoms with E-state index in [1.165, 1.54) is 4.68 Å². The van der Waals surface area contributed by atoms with Crippen LogP contribution < -0.4 is 0 Å². The van der Waals surface area contributed by atoms with Crippen molar-refractivity contribution in [2.75, 3.05) is 0 Å². The zero-order valence-corrected chi connectivity index (χ0v) is 9.85. The molecule has 0 spiro atoms. The second-order valence-corrected chi connectivity index (χ2v) is 3.91. The van der Waals surface area contributed by atoms with Gasteiger partial charge in [0.25, 0.3) is 0 Å². The Hall–Kier alpha value is -2.29. The summed E-state index contributed by atoms with van der Waals surface area (Å²) in [5, 5.41) is 12.1. The maximum absolute atomic E-state index is 12.7. The molecule has 0 aliphatic carbocycles. The summed E-state index contributed by atoms with van der Waals surface area (Å²) < 4.78 is 39.3. The van der Waals surface area contributed by atoms with Gasteiger partial charge in [-0.3, -0.25) is 4.68 Å². The monoisotopic (exact) mass is 265 g/mol. The van der Waals surface area contributed by atoms with Crippen LogP contribution in [0, 0.1) is 11.3 Å². The standard InChI is InChI=1S/C13H10F3N3/c14-13(15,16)12-9-11(10-5-2-1-3-6-10)19(18-12)8-4-7-17/h1-3,5-6,9H,4,8H2. The lowest BCUT2D eigenvalue weighted by Gasteiger charge is -2.04. The summed E-state index contributed by atoms with van der Waals surface area (Å²) in [6.45, 7) is 0.136. The average molecular weight is 265 g/mol. The lowest BCUT2D eigenvalue weighted by atomic mass is 10.1. The molecule has 1 heterocycles. The molecule has 0 unspecified atom stereocenters. The van der Waals surface area contributed by atoms with Crippen LogP contribution in [0.2, 0.25) is 0 Å². The minimum Gasteiger partial charge on any atom is -0.263 e. The molecule has 1 aromatic heterocycles. The third-order valence-electron chi connectivity index (χ3n) is 2.58. The molecule has 0 N–H and O–H groups in total. The zero-order chi connectivity index (χ0) is 13.9. The lowest BCUT2D eigenvalue weighted by molar-refractivity contribution is -0.141. The summed E-state index contributed by atoms with van der Waals surface area (Å²) >= 11 is 0. The number of rotatable bonds is 3. The van der Waals surface area contributed by atoms with E-state index in [1.54, 1.807) is 30.3 Å². The smallest absolute Gasteiger partial charge is 0.263 e. The van der Waals surface area contributed by atoms with Gasteiger partial charge in [0.15, 0.2) is 5.69 Å². The van der Waals surface area contributed by atoms with E-state index in [0.717, 1.165) is 6.07 Å². The summed E-state index contributed by atoms with van der Waals surface area (Å²) in [4.78, 5) is 0. The van der Waals surface area contributed by atoms with Gasteiger partial charge in [-0.25, -0.2) is 0 Å². The van der Waals surface area contributed by atoms with E-state index >= 15 is 0 Å². The molecule has 0 bridgehead atoms. The van der Waals surface area contributed by atoms with E-state index in [0.29, 0.717) is 11.3 Å². The molecule has 0 aliphatic rings. The highest BCUT2D eigenvalue weighted by Gasteiger charge is 2.35. The average Bonchev–Trinajstić information content (AvgIpc) is 2.81. The van der Waals surface area contributed by atoms with Crippen LogP contribution in [0.15, 0.2) is 36.4 Å². The summed E-state index contributed by atoms with van der Waals surface area (Å²) in [5.41, 5.74) is 0.0657. The Balaban J connectivity index is 2.46. The largest absolute Gasteiger partial charge is 0.435 e. The predicted molar refractivity (Wildman–Crippen MR) is 62.9 cm³/mol. The summed E-state index contributed by atoms with van der Waals surface area (Å²) in [5.74, 6) is 0. The predicted octanol–water partition coefficient (Wildman–Crippen LogP) is 3.48. The molecular weight excluding hydrogens is 255 g/mol. The number of aromatic nitrogens is 2. The molecule has 0 aliphatic heterocycles. The second kappa shape index (κ2) is 5.14. The van der Waals surface area contributed by atoms with Crippen molar-refractivity contribution in [3.8, 4) is 17.3 Å². The molecule has 2 aromatic rings. The van der Waals surface area contributed by atoms with Crippen LogP contribution in [0.1, 0.15) is 12.1 Å². The minimum atomic E-state index is -4.48. The number of aryl methyl sites for hydroxylation is 1. The number of nitriles is 1. The Morgan fingerprint density at radius 3 is 2.47 bits per heavy atom. The summed E-state index contributed by atoms with van der Waals surface area (Å²) in [6, 6.07) is 11.6. The van der Waals surface area contributed by atoms with Crippen LogP contribution >= 0.6 is 0 Å². The quantitative estimate of drug-likeness (QED) is 0.852. The third-order valence-corrected chi connectivity index (χ3v) is 2.58. The minimum absolute atomic E-state index is 0.110. The zero-order valence-electron chi connectivity index (χ0n) is 9.85. The number of alkyl halides is 3. The van der Waals surface area contributed by atoms with E-state index in [1.807, 2.05) is 6.07 Å². The molecule has 2 rings (SSSR count). The van der Waals surface area contributed by atoms with Crippen molar-refractivity contribution in [3.05, 3.63) is 42.1 Å². The fourth-order valence-corrected chi connectivity index (χ4v) is 1.72. The molecule has 19 heavy (non-hydrogen) atoms. The van der Waals surface area contributed by atoms with Crippen molar-refractivity contribution in [3.63, 3.8) is 0 Å². The summed E-state index contributed by atoms with van der Waals surface area (Å²) in [6.07, 6.45) is -4.37. The van der Waals surface area contributed by atoms with E-state index < -0.39 is 11.9 Å². The van der Waals surface area contributed by atoms with Crippen LogP contribution in [0.4, 0.5) is 13.2 Å². The summed E-state index contributed by atoms with van der Waals surface area (Å²) in [7, 11) is 0. The molecule has 3 nitrogen and oxygen atoms in total. The number of halogens is 3. The molecule has 0 amide bonds. The fraction of sp³-hybridized carbons (Fsp3) is 0.231. The topological polar surface area (TPSA) is 41.6 Å². The molecular formula is C13H10F3N3. The van der Waals surface area contributed by atoms with E-state index in [9.17, 15) is 13.2 Å². The number of hydrogen-bond acceptors (Lipinski definition) is 2. The Morgan fingerprint density at radius 2 is 1.89 bits per heavy atom. The van der Waals surface area contributed by atoms with Gasteiger partial charge in [0.1, 0.15) is 0 Å². The van der Waals surface area contributed by atoms with E-state index in [4.69, 9.17) is 5.26 Å². The first-order valence-electron chi connectivity index (χ1n) is 5.60. The van der Waals surface area contributed by atoms with Gasteiger partial charge < -0.3 is 0 Å². The van der Waals surface area contributed by atoms with Gasteiger partial charge >= 0.3 is 6.18 Å². The van der Waals surface area contributed by atoms with Gasteiger partial charge in [-0.15, -0.1) is 0 Å². The SMILES string of the molecule is N#CCCn1nc(C(F)(F)F)cc1-c1ccccc1. The van der Waals surface area contributed by atoms with Crippen LogP contribution in [-0.2, 0) is 12.7 Å². The van der Waals surface area contributed by atoms with Crippen molar-refractivity contribution >= 4 is 0 Å². The molecule has 0 fully saturated rings. The first-order chi connectivity index (χ1) is 9.02. The molecule has 0 atom stereocenters. The van der Waals surface area contributed by atoms with Crippen molar-refractivity contribution in [2.45, 2.75) is 19.1 Å². The Kier molecular flexibility index (Phi) is 3.56. The highest BCUT2D eigenvalue weighted by atomic mass is 19.4. The third kappa shape index (κ3) is 2.94. The normalized spacial score (nSPS) is 11.3. The van der Waals surface area contributed by atoms with Crippen LogP contribution in [-0.4, -0.2) is 9.78 Å². The van der Waals surface area contributed by atoms with Gasteiger partial charge in [-0.1, -0.05) is 30.3 Å². The van der Waals surface area contributed by atoms with Crippen molar-refractivity contribution < 1.29 is 13.2 Å². The maximum Gasteiger partial charge on any atom is 0.435 e. The Bertz CT molecular complexity index is 594. The lowest BCUT2D eigenvalue weighted by Crippen LogP contribution is -2.08. The highest BCUT2D eigenvalue weighted by molar-refractivity contribution is 5.60. The molecule has 1 aromatic carbocycles. The van der Waals surface area contributed by atoms with E-state index in [-0.39, 0.29) is 13.0 Å². The van der Waals surface area contributed by atoms with Crippen molar-refractivity contribution in [1.29, 1.82) is 5.26 Å². The Morgan fingerprint density at radius 1 is 1.21 bits per heavy atom. The second-order valence-electron chi connectivity index (χ2n) is 3.91. The maximum atomic E-state index is 12.7. The van der Waals surface area contributed by atoms with Gasteiger partial charge in [-0.2, -0.15) is 23.5 Å². The molecule has 0 radical (unpaired) electrons. The van der Waals surface area contributed by atoms with E-state index in [2.05, 4.69) is 5.10 Å².